The first-order valence-electron chi connectivity index (χ1n) is 3.74. The molecule has 1 rings (SSSR count). The van der Waals surface area contributed by atoms with Gasteiger partial charge in [-0.3, -0.25) is 0 Å². The summed E-state index contributed by atoms with van der Waals surface area (Å²) in [6.07, 6.45) is 6.07. The predicted molar refractivity (Wildman–Crippen MR) is 38.3 cm³/mol. The summed E-state index contributed by atoms with van der Waals surface area (Å²) >= 11 is 0. The molecule has 1 aliphatic carbocycles. The van der Waals surface area contributed by atoms with Crippen molar-refractivity contribution >= 4 is 7.85 Å². The normalized spacial score (nSPS) is 25.9. The van der Waals surface area contributed by atoms with E-state index in [1.54, 1.807) is 0 Å². The van der Waals surface area contributed by atoms with Gasteiger partial charge in [0.15, 0.2) is 0 Å². The second kappa shape index (κ2) is 3.26. The summed E-state index contributed by atoms with van der Waals surface area (Å²) in [6.45, 7) is 0. The lowest BCUT2D eigenvalue weighted by Crippen LogP contribution is -2.22. The number of aliphatic hydroxyl groups is 1. The first kappa shape index (κ1) is 7.14. The van der Waals surface area contributed by atoms with E-state index in [1.165, 1.54) is 19.3 Å². The maximum Gasteiger partial charge on any atom is 0.108 e. The van der Waals surface area contributed by atoms with Crippen LogP contribution in [0.25, 0.3) is 0 Å². The minimum Gasteiger partial charge on any atom is -0.403 e. The molecule has 0 aromatic carbocycles. The lowest BCUT2D eigenvalue weighted by molar-refractivity contribution is 0.152. The van der Waals surface area contributed by atoms with Gasteiger partial charge in [0.25, 0.3) is 0 Å². The second-order valence-corrected chi connectivity index (χ2v) is 2.89. The fourth-order valence-electron chi connectivity index (χ4n) is 1.48. The molecule has 50 valence electrons. The summed E-state index contributed by atoms with van der Waals surface area (Å²) in [7, 11) is 5.32. The molecule has 1 N–H and O–H groups in total. The van der Waals surface area contributed by atoms with E-state index >= 15 is 0 Å². The number of hydrogen-bond donors (Lipinski definition) is 1. The van der Waals surface area contributed by atoms with E-state index < -0.39 is 6.00 Å². The maximum absolute atomic E-state index is 8.95. The molecule has 1 nitrogen and oxygen atoms in total. The minimum absolute atomic E-state index is 0.388. The zero-order valence-electron chi connectivity index (χ0n) is 5.71. The van der Waals surface area contributed by atoms with Crippen molar-refractivity contribution in [1.29, 1.82) is 0 Å². The van der Waals surface area contributed by atoms with Crippen LogP contribution in [-0.2, 0) is 0 Å². The Hall–Kier alpha value is 0.0249. The molecule has 0 bridgehead atoms. The smallest absolute Gasteiger partial charge is 0.108 e. The minimum atomic E-state index is -0.565. The first-order chi connectivity index (χ1) is 4.30. The molecule has 0 aromatic rings. The summed E-state index contributed by atoms with van der Waals surface area (Å²) in [5.74, 6) is 0.388. The molecule has 9 heavy (non-hydrogen) atoms. The standard InChI is InChI=1S/C7H13BO/c8-7(9)6-4-2-1-3-5-6/h6-7,9H,1-5H2/t7-/m1/s1. The molecule has 0 unspecified atom stereocenters. The van der Waals surface area contributed by atoms with Crippen LogP contribution in [0.15, 0.2) is 0 Å². The third-order valence-electron chi connectivity index (χ3n) is 2.13. The van der Waals surface area contributed by atoms with E-state index in [9.17, 15) is 0 Å². The number of hydrogen-bond acceptors (Lipinski definition) is 1. The number of aliphatic hydroxyl groups excluding tert-OH is 1. The van der Waals surface area contributed by atoms with Crippen LogP contribution in [0.1, 0.15) is 32.1 Å². The molecule has 2 radical (unpaired) electrons. The molecule has 1 aliphatic rings. The van der Waals surface area contributed by atoms with Gasteiger partial charge in [-0.2, -0.15) is 0 Å². The maximum atomic E-state index is 8.95. The molecule has 0 spiro atoms. The van der Waals surface area contributed by atoms with Gasteiger partial charge in [-0.1, -0.05) is 19.3 Å². The van der Waals surface area contributed by atoms with Crippen LogP contribution < -0.4 is 0 Å². The van der Waals surface area contributed by atoms with Gasteiger partial charge in [-0.25, -0.2) is 0 Å². The van der Waals surface area contributed by atoms with E-state index in [2.05, 4.69) is 0 Å². The van der Waals surface area contributed by atoms with Crippen molar-refractivity contribution in [2.75, 3.05) is 0 Å². The Morgan fingerprint density at radius 3 is 2.11 bits per heavy atom. The van der Waals surface area contributed by atoms with Crippen molar-refractivity contribution in [1.82, 2.24) is 0 Å². The van der Waals surface area contributed by atoms with E-state index in [0.29, 0.717) is 5.92 Å². The van der Waals surface area contributed by atoms with Gasteiger partial charge >= 0.3 is 0 Å². The van der Waals surface area contributed by atoms with Crippen LogP contribution >= 0.6 is 0 Å². The molecule has 0 heterocycles. The van der Waals surface area contributed by atoms with E-state index in [4.69, 9.17) is 13.0 Å². The Kier molecular flexibility index (Phi) is 2.58. The Morgan fingerprint density at radius 2 is 1.78 bits per heavy atom. The fraction of sp³-hybridized carbons (Fsp3) is 1.00. The monoisotopic (exact) mass is 124 g/mol. The summed E-state index contributed by atoms with van der Waals surface area (Å²) in [5.41, 5.74) is 0. The van der Waals surface area contributed by atoms with E-state index in [1.807, 2.05) is 0 Å². The molecule has 1 saturated carbocycles. The predicted octanol–water partition coefficient (Wildman–Crippen LogP) is 1.05. The van der Waals surface area contributed by atoms with Gasteiger partial charge < -0.3 is 5.11 Å². The van der Waals surface area contributed by atoms with Gasteiger partial charge in [0.1, 0.15) is 7.85 Å². The Labute approximate surface area is 57.9 Å². The molecule has 0 saturated heterocycles. The van der Waals surface area contributed by atoms with Crippen LogP contribution in [0.2, 0.25) is 0 Å². The molecule has 1 fully saturated rings. The van der Waals surface area contributed by atoms with Crippen LogP contribution in [0, 0.1) is 5.92 Å². The third-order valence-corrected chi connectivity index (χ3v) is 2.13. The van der Waals surface area contributed by atoms with Gasteiger partial charge in [0.05, 0.1) is 0 Å². The SMILES string of the molecule is [B][C@H](O)C1CCCCC1. The van der Waals surface area contributed by atoms with Crippen molar-refractivity contribution in [3.63, 3.8) is 0 Å². The molecule has 0 aliphatic heterocycles. The quantitative estimate of drug-likeness (QED) is 0.518. The second-order valence-electron chi connectivity index (χ2n) is 2.89. The first-order valence-corrected chi connectivity index (χ1v) is 3.74. The summed E-state index contributed by atoms with van der Waals surface area (Å²) < 4.78 is 0. The van der Waals surface area contributed by atoms with Crippen LogP contribution in [-0.4, -0.2) is 19.0 Å². The highest BCUT2D eigenvalue weighted by Gasteiger charge is 2.16. The lowest BCUT2D eigenvalue weighted by Gasteiger charge is -2.23. The highest BCUT2D eigenvalue weighted by atomic mass is 16.3. The molecule has 0 amide bonds. The van der Waals surface area contributed by atoms with Gasteiger partial charge in [0.2, 0.25) is 0 Å². The fourth-order valence-corrected chi connectivity index (χ4v) is 1.48. The summed E-state index contributed by atoms with van der Waals surface area (Å²) in [6, 6.07) is -0.565. The van der Waals surface area contributed by atoms with Crippen molar-refractivity contribution in [2.24, 2.45) is 5.92 Å². The van der Waals surface area contributed by atoms with Crippen molar-refractivity contribution in [3.8, 4) is 0 Å². The Balaban J connectivity index is 2.23. The average molecular weight is 124 g/mol. The summed E-state index contributed by atoms with van der Waals surface area (Å²) in [4.78, 5) is 0. The van der Waals surface area contributed by atoms with E-state index in [0.717, 1.165) is 12.8 Å². The molecule has 0 aromatic heterocycles. The van der Waals surface area contributed by atoms with Crippen LogP contribution in [0.5, 0.6) is 0 Å². The zero-order valence-corrected chi connectivity index (χ0v) is 5.71. The average Bonchev–Trinajstić information content (AvgIpc) is 1.90. The molecular formula is C7H13BO. The highest BCUT2D eigenvalue weighted by Crippen LogP contribution is 2.24. The third kappa shape index (κ3) is 2.01. The summed E-state index contributed by atoms with van der Waals surface area (Å²) in [5, 5.41) is 8.95. The molecular weight excluding hydrogens is 111 g/mol. The molecule has 2 heteroatoms. The Morgan fingerprint density at radius 1 is 1.22 bits per heavy atom. The van der Waals surface area contributed by atoms with Crippen molar-refractivity contribution in [3.05, 3.63) is 0 Å². The largest absolute Gasteiger partial charge is 0.403 e. The van der Waals surface area contributed by atoms with Gasteiger partial charge in [-0.05, 0) is 18.8 Å². The molecule has 1 atom stereocenters. The van der Waals surface area contributed by atoms with Crippen molar-refractivity contribution in [2.45, 2.75) is 38.1 Å². The zero-order chi connectivity index (χ0) is 6.69. The number of rotatable bonds is 1. The van der Waals surface area contributed by atoms with Crippen LogP contribution in [0.3, 0.4) is 0 Å². The van der Waals surface area contributed by atoms with Crippen LogP contribution in [0.4, 0.5) is 0 Å². The van der Waals surface area contributed by atoms with Gasteiger partial charge in [-0.15, -0.1) is 0 Å². The van der Waals surface area contributed by atoms with Gasteiger partial charge in [0, 0.05) is 6.00 Å². The van der Waals surface area contributed by atoms with Crippen molar-refractivity contribution < 1.29 is 5.11 Å². The van der Waals surface area contributed by atoms with E-state index in [-0.39, 0.29) is 0 Å². The highest BCUT2D eigenvalue weighted by molar-refractivity contribution is 6.10. The lowest BCUT2D eigenvalue weighted by atomic mass is 9.77. The topological polar surface area (TPSA) is 20.2 Å². The Bertz CT molecular complexity index is 77.0.